The van der Waals surface area contributed by atoms with Gasteiger partial charge in [-0.25, -0.2) is 0 Å². The zero-order valence-electron chi connectivity index (χ0n) is 13.0. The SMILES string of the molecule is Cc1ccccc1CCC(=O)NC(CO)Cc1ccccc1. The quantitative estimate of drug-likeness (QED) is 0.825. The zero-order chi connectivity index (χ0) is 15.8. The number of carbonyl (C=O) groups excluding carboxylic acids is 1. The molecule has 0 aliphatic rings. The second-order valence-corrected chi connectivity index (χ2v) is 5.56. The first kappa shape index (κ1) is 16.2. The molecule has 0 spiro atoms. The summed E-state index contributed by atoms with van der Waals surface area (Å²) in [6, 6.07) is 17.8. The van der Waals surface area contributed by atoms with E-state index in [0.29, 0.717) is 12.8 Å². The van der Waals surface area contributed by atoms with Crippen molar-refractivity contribution in [2.45, 2.75) is 32.2 Å². The number of aliphatic hydroxyl groups is 1. The van der Waals surface area contributed by atoms with E-state index >= 15 is 0 Å². The van der Waals surface area contributed by atoms with E-state index in [-0.39, 0.29) is 18.6 Å². The van der Waals surface area contributed by atoms with Gasteiger partial charge in [0.1, 0.15) is 0 Å². The number of hydrogen-bond donors (Lipinski definition) is 2. The second-order valence-electron chi connectivity index (χ2n) is 5.56. The highest BCUT2D eigenvalue weighted by molar-refractivity contribution is 5.76. The fraction of sp³-hybridized carbons (Fsp3) is 0.316. The normalized spacial score (nSPS) is 11.9. The van der Waals surface area contributed by atoms with Gasteiger partial charge in [0.05, 0.1) is 12.6 Å². The highest BCUT2D eigenvalue weighted by Crippen LogP contribution is 2.10. The third-order valence-electron chi connectivity index (χ3n) is 3.79. The van der Waals surface area contributed by atoms with Crippen LogP contribution in [-0.4, -0.2) is 23.7 Å². The molecule has 2 rings (SSSR count). The van der Waals surface area contributed by atoms with Gasteiger partial charge in [-0.3, -0.25) is 4.79 Å². The van der Waals surface area contributed by atoms with Gasteiger partial charge in [-0.05, 0) is 36.5 Å². The van der Waals surface area contributed by atoms with Crippen LogP contribution in [0, 0.1) is 6.92 Å². The molecule has 22 heavy (non-hydrogen) atoms. The summed E-state index contributed by atoms with van der Waals surface area (Å²) in [4.78, 5) is 12.1. The number of nitrogens with one attached hydrogen (secondary N) is 1. The van der Waals surface area contributed by atoms with Gasteiger partial charge in [-0.2, -0.15) is 0 Å². The Bertz CT molecular complexity index is 595. The Morgan fingerprint density at radius 1 is 1.09 bits per heavy atom. The molecular weight excluding hydrogens is 274 g/mol. The molecule has 0 aliphatic heterocycles. The van der Waals surface area contributed by atoms with E-state index in [4.69, 9.17) is 0 Å². The average molecular weight is 297 g/mol. The number of aryl methyl sites for hydroxylation is 2. The third-order valence-corrected chi connectivity index (χ3v) is 3.79. The summed E-state index contributed by atoms with van der Waals surface area (Å²) in [6.07, 6.45) is 1.81. The van der Waals surface area contributed by atoms with Crippen molar-refractivity contribution in [1.29, 1.82) is 0 Å². The van der Waals surface area contributed by atoms with Crippen LogP contribution >= 0.6 is 0 Å². The summed E-state index contributed by atoms with van der Waals surface area (Å²) in [5.74, 6) is -0.0155. The highest BCUT2D eigenvalue weighted by Gasteiger charge is 2.12. The van der Waals surface area contributed by atoms with Crippen molar-refractivity contribution >= 4 is 5.91 Å². The van der Waals surface area contributed by atoms with Crippen LogP contribution in [0.25, 0.3) is 0 Å². The standard InChI is InChI=1S/C19H23NO2/c1-15-7-5-6-10-17(15)11-12-19(22)20-18(14-21)13-16-8-3-2-4-9-16/h2-10,18,21H,11-14H2,1H3,(H,20,22). The molecular formula is C19H23NO2. The smallest absolute Gasteiger partial charge is 0.220 e. The molecule has 2 aromatic carbocycles. The fourth-order valence-electron chi connectivity index (χ4n) is 2.50. The first-order valence-corrected chi connectivity index (χ1v) is 7.67. The van der Waals surface area contributed by atoms with Gasteiger partial charge in [0.2, 0.25) is 5.91 Å². The van der Waals surface area contributed by atoms with Crippen molar-refractivity contribution in [2.24, 2.45) is 0 Å². The Morgan fingerprint density at radius 2 is 1.77 bits per heavy atom. The first-order valence-electron chi connectivity index (χ1n) is 7.67. The Hall–Kier alpha value is -2.13. The van der Waals surface area contributed by atoms with Gasteiger partial charge >= 0.3 is 0 Å². The number of benzene rings is 2. The molecule has 2 aromatic rings. The molecule has 0 aliphatic carbocycles. The van der Waals surface area contributed by atoms with Crippen molar-refractivity contribution in [2.75, 3.05) is 6.61 Å². The summed E-state index contributed by atoms with van der Waals surface area (Å²) in [7, 11) is 0. The molecule has 2 N–H and O–H groups in total. The second kappa shape index (κ2) is 8.35. The third kappa shape index (κ3) is 5.01. The molecule has 0 fully saturated rings. The maximum atomic E-state index is 12.1. The Balaban J connectivity index is 1.83. The molecule has 1 amide bonds. The van der Waals surface area contributed by atoms with Crippen LogP contribution in [0.3, 0.4) is 0 Å². The van der Waals surface area contributed by atoms with E-state index in [1.807, 2.05) is 42.5 Å². The lowest BCUT2D eigenvalue weighted by molar-refractivity contribution is -0.122. The van der Waals surface area contributed by atoms with Crippen LogP contribution < -0.4 is 5.32 Å². The lowest BCUT2D eigenvalue weighted by Crippen LogP contribution is -2.39. The van der Waals surface area contributed by atoms with E-state index in [0.717, 1.165) is 12.0 Å². The summed E-state index contributed by atoms with van der Waals surface area (Å²) in [6.45, 7) is 2.00. The molecule has 1 atom stereocenters. The minimum atomic E-state index is -0.230. The highest BCUT2D eigenvalue weighted by atomic mass is 16.3. The monoisotopic (exact) mass is 297 g/mol. The summed E-state index contributed by atoms with van der Waals surface area (Å²) in [5.41, 5.74) is 3.51. The lowest BCUT2D eigenvalue weighted by Gasteiger charge is -2.16. The zero-order valence-corrected chi connectivity index (χ0v) is 13.0. The molecule has 0 saturated heterocycles. The van der Waals surface area contributed by atoms with Gasteiger partial charge in [0.25, 0.3) is 0 Å². The van der Waals surface area contributed by atoms with Gasteiger partial charge in [-0.1, -0.05) is 54.6 Å². The molecule has 3 heteroatoms. The van der Waals surface area contributed by atoms with E-state index in [2.05, 4.69) is 24.4 Å². The molecule has 0 saturated carbocycles. The molecule has 1 unspecified atom stereocenters. The van der Waals surface area contributed by atoms with Gasteiger partial charge in [-0.15, -0.1) is 0 Å². The maximum Gasteiger partial charge on any atom is 0.220 e. The van der Waals surface area contributed by atoms with E-state index in [1.165, 1.54) is 11.1 Å². The predicted octanol–water partition coefficient (Wildman–Crippen LogP) is 2.65. The number of carbonyl (C=O) groups is 1. The topological polar surface area (TPSA) is 49.3 Å². The first-order chi connectivity index (χ1) is 10.7. The number of amides is 1. The molecule has 3 nitrogen and oxygen atoms in total. The Labute approximate surface area is 132 Å². The summed E-state index contributed by atoms with van der Waals surface area (Å²) < 4.78 is 0. The van der Waals surface area contributed by atoms with Crippen LogP contribution in [-0.2, 0) is 17.6 Å². The van der Waals surface area contributed by atoms with Crippen LogP contribution in [0.4, 0.5) is 0 Å². The van der Waals surface area contributed by atoms with Crippen LogP contribution in [0.15, 0.2) is 54.6 Å². The number of hydrogen-bond acceptors (Lipinski definition) is 2. The fourth-order valence-corrected chi connectivity index (χ4v) is 2.50. The minimum absolute atomic E-state index is 0.0155. The Morgan fingerprint density at radius 3 is 2.45 bits per heavy atom. The molecule has 116 valence electrons. The molecule has 0 radical (unpaired) electrons. The van der Waals surface area contributed by atoms with Crippen LogP contribution in [0.2, 0.25) is 0 Å². The minimum Gasteiger partial charge on any atom is -0.394 e. The van der Waals surface area contributed by atoms with Crippen molar-refractivity contribution in [1.82, 2.24) is 5.32 Å². The molecule has 0 heterocycles. The maximum absolute atomic E-state index is 12.1. The van der Waals surface area contributed by atoms with Crippen LogP contribution in [0.1, 0.15) is 23.1 Å². The van der Waals surface area contributed by atoms with Crippen molar-refractivity contribution < 1.29 is 9.90 Å². The van der Waals surface area contributed by atoms with Gasteiger partial charge in [0, 0.05) is 6.42 Å². The predicted molar refractivity (Wildman–Crippen MR) is 88.7 cm³/mol. The van der Waals surface area contributed by atoms with Gasteiger partial charge < -0.3 is 10.4 Å². The average Bonchev–Trinajstić information content (AvgIpc) is 2.54. The largest absolute Gasteiger partial charge is 0.394 e. The van der Waals surface area contributed by atoms with E-state index in [9.17, 15) is 9.90 Å². The van der Waals surface area contributed by atoms with Crippen LogP contribution in [0.5, 0.6) is 0 Å². The van der Waals surface area contributed by atoms with Gasteiger partial charge in [0.15, 0.2) is 0 Å². The number of rotatable bonds is 7. The molecule has 0 aromatic heterocycles. The Kier molecular flexibility index (Phi) is 6.16. The number of aliphatic hydroxyl groups excluding tert-OH is 1. The summed E-state index contributed by atoms with van der Waals surface area (Å²) in [5, 5.41) is 12.4. The van der Waals surface area contributed by atoms with Crippen molar-refractivity contribution in [3.8, 4) is 0 Å². The summed E-state index contributed by atoms with van der Waals surface area (Å²) >= 11 is 0. The van der Waals surface area contributed by atoms with E-state index < -0.39 is 0 Å². The lowest BCUT2D eigenvalue weighted by atomic mass is 10.0. The van der Waals surface area contributed by atoms with Crippen molar-refractivity contribution in [3.05, 3.63) is 71.3 Å². The van der Waals surface area contributed by atoms with Crippen molar-refractivity contribution in [3.63, 3.8) is 0 Å². The van der Waals surface area contributed by atoms with E-state index in [1.54, 1.807) is 0 Å². The molecule has 0 bridgehead atoms.